The van der Waals surface area contributed by atoms with Crippen molar-refractivity contribution in [2.75, 3.05) is 6.61 Å². The van der Waals surface area contributed by atoms with Crippen LogP contribution in [-0.2, 0) is 19.1 Å². The lowest BCUT2D eigenvalue weighted by Crippen LogP contribution is -2.36. The van der Waals surface area contributed by atoms with Gasteiger partial charge in [-0.05, 0) is 42.7 Å². The van der Waals surface area contributed by atoms with Gasteiger partial charge in [-0.3, -0.25) is 19.3 Å². The van der Waals surface area contributed by atoms with E-state index in [2.05, 4.69) is 15.0 Å². The van der Waals surface area contributed by atoms with Crippen LogP contribution < -0.4 is 16.0 Å². The van der Waals surface area contributed by atoms with E-state index in [1.165, 1.54) is 12.3 Å². The Morgan fingerprint density at radius 2 is 1.91 bits per heavy atom. The molecule has 1 aromatic carbocycles. The molecular weight excluding hydrogens is 465 g/mol. The number of fused-ring (bicyclic) bond motifs is 1. The number of aromatic amines is 1. The first-order valence-corrected chi connectivity index (χ1v) is 10.7. The fraction of sp³-hybridized carbons (Fsp3) is 0.250. The zero-order valence-electron chi connectivity index (χ0n) is 18.6. The number of rotatable bonds is 7. The predicted octanol–water partition coefficient (Wildman–Crippen LogP) is 3.57. The number of ether oxygens (including phenoxy) is 1. The van der Waals surface area contributed by atoms with E-state index in [9.17, 15) is 22.8 Å². The zero-order valence-corrected chi connectivity index (χ0v) is 18.6. The van der Waals surface area contributed by atoms with Crippen LogP contribution in [0, 0.1) is 6.92 Å². The van der Waals surface area contributed by atoms with Gasteiger partial charge in [0.2, 0.25) is 0 Å². The molecule has 0 saturated carbocycles. The van der Waals surface area contributed by atoms with Crippen molar-refractivity contribution >= 4 is 11.0 Å². The number of aryl methyl sites for hydroxylation is 1. The molecule has 2 N–H and O–H groups in total. The Hall–Kier alpha value is -3.99. The Balaban J connectivity index is 1.88. The lowest BCUT2D eigenvalue weighted by atomic mass is 10.0. The van der Waals surface area contributed by atoms with Crippen LogP contribution in [0.3, 0.4) is 0 Å². The summed E-state index contributed by atoms with van der Waals surface area (Å²) in [7, 11) is 0. The fourth-order valence-electron chi connectivity index (χ4n) is 3.65. The third-order valence-electron chi connectivity index (χ3n) is 5.33. The molecule has 0 spiro atoms. The van der Waals surface area contributed by atoms with Crippen molar-refractivity contribution in [1.82, 2.24) is 19.5 Å². The van der Waals surface area contributed by atoms with Gasteiger partial charge < -0.3 is 9.84 Å². The number of halogens is 3. The molecule has 0 aliphatic carbocycles. The molecule has 4 aromatic rings. The molecule has 0 unspecified atom stereocenters. The first kappa shape index (κ1) is 24.1. The van der Waals surface area contributed by atoms with Gasteiger partial charge >= 0.3 is 11.9 Å². The van der Waals surface area contributed by atoms with Gasteiger partial charge in [-0.2, -0.15) is 13.2 Å². The van der Waals surface area contributed by atoms with Crippen LogP contribution in [0.5, 0.6) is 11.5 Å². The summed E-state index contributed by atoms with van der Waals surface area (Å²) in [5, 5.41) is 9.20. The molecular formula is C24H21F3N4O4. The van der Waals surface area contributed by atoms with E-state index in [-0.39, 0.29) is 42.8 Å². The number of aliphatic hydroxyl groups is 1. The lowest BCUT2D eigenvalue weighted by Gasteiger charge is -2.15. The molecule has 11 heteroatoms. The van der Waals surface area contributed by atoms with Crippen LogP contribution in [-0.4, -0.2) is 31.2 Å². The predicted molar refractivity (Wildman–Crippen MR) is 122 cm³/mol. The monoisotopic (exact) mass is 486 g/mol. The normalized spacial score (nSPS) is 11.7. The van der Waals surface area contributed by atoms with Crippen LogP contribution in [0.4, 0.5) is 13.2 Å². The third kappa shape index (κ3) is 5.24. The van der Waals surface area contributed by atoms with Gasteiger partial charge in [0, 0.05) is 31.3 Å². The number of benzene rings is 1. The van der Waals surface area contributed by atoms with E-state index >= 15 is 0 Å². The second-order valence-corrected chi connectivity index (χ2v) is 7.93. The summed E-state index contributed by atoms with van der Waals surface area (Å²) < 4.78 is 45.8. The van der Waals surface area contributed by atoms with E-state index in [0.29, 0.717) is 16.9 Å². The number of alkyl halides is 3. The number of nitrogens with zero attached hydrogens (tertiary/aromatic N) is 3. The van der Waals surface area contributed by atoms with Crippen LogP contribution in [0.25, 0.3) is 11.0 Å². The van der Waals surface area contributed by atoms with Gasteiger partial charge in [-0.25, -0.2) is 9.78 Å². The molecule has 3 heterocycles. The highest BCUT2D eigenvalue weighted by atomic mass is 19.4. The van der Waals surface area contributed by atoms with E-state index in [4.69, 9.17) is 9.84 Å². The van der Waals surface area contributed by atoms with E-state index in [1.54, 1.807) is 18.2 Å². The maximum atomic E-state index is 13.3. The van der Waals surface area contributed by atoms with Crippen molar-refractivity contribution in [3.8, 4) is 11.5 Å². The first-order chi connectivity index (χ1) is 16.7. The highest BCUT2D eigenvalue weighted by molar-refractivity contribution is 5.80. The topological polar surface area (TPSA) is 110 Å². The Bertz CT molecular complexity index is 1480. The Morgan fingerprint density at radius 3 is 2.57 bits per heavy atom. The van der Waals surface area contributed by atoms with Crippen molar-refractivity contribution in [3.05, 3.63) is 92.0 Å². The smallest absolute Gasteiger partial charge is 0.433 e. The quantitative estimate of drug-likeness (QED) is 0.413. The number of hydrogen-bond donors (Lipinski definition) is 2. The molecule has 182 valence electrons. The lowest BCUT2D eigenvalue weighted by molar-refractivity contribution is -0.141. The molecule has 0 amide bonds. The summed E-state index contributed by atoms with van der Waals surface area (Å²) in [6.45, 7) is 1.64. The standard InChI is InChI=1S/C24H21F3N4O4/c1-14-4-2-5-16(10-14)35-18-13-29-21-20(22(33)31(8-3-9-32)23(34)30-21)17(18)11-15-6-7-19(28-12-15)24(25,26)27/h2,4-7,10,12-13,32H,3,8-9,11H2,1H3,(H,29,30,34). The van der Waals surface area contributed by atoms with Gasteiger partial charge in [-0.15, -0.1) is 0 Å². The number of aromatic nitrogens is 4. The van der Waals surface area contributed by atoms with Gasteiger partial charge in [0.05, 0.1) is 11.6 Å². The van der Waals surface area contributed by atoms with Crippen molar-refractivity contribution in [3.63, 3.8) is 0 Å². The van der Waals surface area contributed by atoms with Gasteiger partial charge in [0.1, 0.15) is 22.8 Å². The number of H-pyrrole nitrogens is 1. The Labute approximate surface area is 196 Å². The largest absolute Gasteiger partial charge is 0.455 e. The highest BCUT2D eigenvalue weighted by Crippen LogP contribution is 2.31. The molecule has 0 radical (unpaired) electrons. The SMILES string of the molecule is Cc1cccc(Oc2cnc3[nH]c(=O)n(CCCO)c(=O)c3c2Cc2ccc(C(F)(F)F)nc2)c1. The maximum absolute atomic E-state index is 13.3. The zero-order chi connectivity index (χ0) is 25.2. The Morgan fingerprint density at radius 1 is 1.11 bits per heavy atom. The number of pyridine rings is 2. The number of aliphatic hydroxyl groups excluding tert-OH is 1. The van der Waals surface area contributed by atoms with Gasteiger partial charge in [0.15, 0.2) is 0 Å². The van der Waals surface area contributed by atoms with Crippen LogP contribution in [0.1, 0.15) is 28.8 Å². The minimum absolute atomic E-state index is 0.00735. The third-order valence-corrected chi connectivity index (χ3v) is 5.33. The van der Waals surface area contributed by atoms with Crippen LogP contribution in [0.2, 0.25) is 0 Å². The Kier molecular flexibility index (Phi) is 6.70. The van der Waals surface area contributed by atoms with E-state index in [0.717, 1.165) is 22.4 Å². The fourth-order valence-corrected chi connectivity index (χ4v) is 3.65. The summed E-state index contributed by atoms with van der Waals surface area (Å²) in [5.41, 5.74) is -0.684. The molecule has 4 rings (SSSR count). The van der Waals surface area contributed by atoms with Crippen LogP contribution >= 0.6 is 0 Å². The summed E-state index contributed by atoms with van der Waals surface area (Å²) >= 11 is 0. The average molecular weight is 486 g/mol. The summed E-state index contributed by atoms with van der Waals surface area (Å²) in [6.07, 6.45) is -1.97. The second kappa shape index (κ2) is 9.71. The van der Waals surface area contributed by atoms with Crippen LogP contribution in [0.15, 0.2) is 58.4 Å². The van der Waals surface area contributed by atoms with E-state index < -0.39 is 23.1 Å². The molecule has 35 heavy (non-hydrogen) atoms. The second-order valence-electron chi connectivity index (χ2n) is 7.93. The molecule has 3 aromatic heterocycles. The summed E-state index contributed by atoms with van der Waals surface area (Å²) in [5.74, 6) is 0.684. The molecule has 0 aliphatic heterocycles. The van der Waals surface area contributed by atoms with Crippen molar-refractivity contribution < 1.29 is 23.0 Å². The van der Waals surface area contributed by atoms with Crippen molar-refractivity contribution in [2.45, 2.75) is 32.5 Å². The molecule has 0 aliphatic rings. The average Bonchev–Trinajstić information content (AvgIpc) is 2.80. The molecule has 0 saturated heterocycles. The van der Waals surface area contributed by atoms with Gasteiger partial charge in [-0.1, -0.05) is 18.2 Å². The van der Waals surface area contributed by atoms with Crippen molar-refractivity contribution in [2.24, 2.45) is 0 Å². The van der Waals surface area contributed by atoms with E-state index in [1.807, 2.05) is 13.0 Å². The molecule has 0 bridgehead atoms. The maximum Gasteiger partial charge on any atom is 0.433 e. The van der Waals surface area contributed by atoms with Gasteiger partial charge in [0.25, 0.3) is 5.56 Å². The minimum atomic E-state index is -4.58. The highest BCUT2D eigenvalue weighted by Gasteiger charge is 2.32. The summed E-state index contributed by atoms with van der Waals surface area (Å²) in [6, 6.07) is 9.30. The molecule has 8 nitrogen and oxygen atoms in total. The number of nitrogens with one attached hydrogen (secondary N) is 1. The first-order valence-electron chi connectivity index (χ1n) is 10.7. The summed E-state index contributed by atoms with van der Waals surface area (Å²) in [4.78, 5) is 36.0. The minimum Gasteiger partial charge on any atom is -0.455 e. The molecule has 0 fully saturated rings. The van der Waals surface area contributed by atoms with Crippen molar-refractivity contribution in [1.29, 1.82) is 0 Å². The number of hydrogen-bond acceptors (Lipinski definition) is 6. The molecule has 0 atom stereocenters.